The molecule has 1 atom stereocenters. The molecule has 0 bridgehead atoms. The molecule has 1 aliphatic rings. The number of nitrogens with one attached hydrogen (secondary N) is 1. The van der Waals surface area contributed by atoms with Gasteiger partial charge in [-0.1, -0.05) is 18.2 Å². The Hall–Kier alpha value is -3.61. The second-order valence-electron chi connectivity index (χ2n) is 6.48. The van der Waals surface area contributed by atoms with Crippen LogP contribution in [-0.2, 0) is 0 Å². The number of benzene rings is 3. The summed E-state index contributed by atoms with van der Waals surface area (Å²) in [7, 11) is 3.02. The maximum absolute atomic E-state index is 14.0. The van der Waals surface area contributed by atoms with Gasteiger partial charge < -0.3 is 14.8 Å². The quantitative estimate of drug-likeness (QED) is 0.691. The average Bonchev–Trinajstić information content (AvgIpc) is 2.75. The lowest BCUT2D eigenvalue weighted by molar-refractivity contribution is 0.0974. The Balaban J connectivity index is 1.90. The molecule has 1 N–H and O–H groups in total. The van der Waals surface area contributed by atoms with Gasteiger partial charge in [0.25, 0.3) is 5.91 Å². The lowest BCUT2D eigenvalue weighted by Gasteiger charge is -2.38. The summed E-state index contributed by atoms with van der Waals surface area (Å²) in [5, 5.41) is 3.25. The summed E-state index contributed by atoms with van der Waals surface area (Å²) in [6.45, 7) is 0. The number of para-hydroxylation sites is 1. The van der Waals surface area contributed by atoms with Gasteiger partial charge in [-0.25, -0.2) is 8.78 Å². The minimum Gasteiger partial charge on any atom is -0.497 e. The van der Waals surface area contributed by atoms with Crippen LogP contribution in [0.3, 0.4) is 0 Å². The molecular weight excluding hydrogens is 378 g/mol. The number of rotatable bonds is 4. The van der Waals surface area contributed by atoms with Crippen molar-refractivity contribution in [3.8, 4) is 11.5 Å². The van der Waals surface area contributed by atoms with Crippen LogP contribution in [0.2, 0.25) is 0 Å². The van der Waals surface area contributed by atoms with Gasteiger partial charge in [-0.05, 0) is 42.0 Å². The number of methoxy groups -OCH3 is 2. The molecule has 1 amide bonds. The minimum atomic E-state index is -0.989. The summed E-state index contributed by atoms with van der Waals surface area (Å²) in [6, 6.07) is 15.7. The van der Waals surface area contributed by atoms with Gasteiger partial charge in [0.2, 0.25) is 0 Å². The molecule has 0 aromatic heterocycles. The van der Waals surface area contributed by atoms with Crippen molar-refractivity contribution in [2.75, 3.05) is 24.4 Å². The fraction of sp³-hybridized carbons (Fsp3) is 0.136. The molecule has 0 spiro atoms. The Bertz CT molecular complexity index is 1090. The molecule has 5 nitrogen and oxygen atoms in total. The predicted octanol–water partition coefficient (Wildman–Crippen LogP) is 4.75. The van der Waals surface area contributed by atoms with Crippen molar-refractivity contribution in [3.05, 3.63) is 83.4 Å². The number of ether oxygens (including phenoxy) is 2. The number of halogens is 2. The average molecular weight is 396 g/mol. The molecule has 29 heavy (non-hydrogen) atoms. The van der Waals surface area contributed by atoms with Crippen LogP contribution in [0.25, 0.3) is 0 Å². The second kappa shape index (κ2) is 7.43. The Labute approximate surface area is 166 Å². The van der Waals surface area contributed by atoms with Crippen molar-refractivity contribution in [2.45, 2.75) is 6.17 Å². The van der Waals surface area contributed by atoms with Crippen LogP contribution in [0, 0.1) is 11.6 Å². The number of hydrogen-bond acceptors (Lipinski definition) is 4. The number of carbonyl (C=O) groups is 1. The monoisotopic (exact) mass is 396 g/mol. The van der Waals surface area contributed by atoms with E-state index in [2.05, 4.69) is 5.32 Å². The van der Waals surface area contributed by atoms with Gasteiger partial charge in [0.1, 0.15) is 17.7 Å². The zero-order chi connectivity index (χ0) is 20.5. The smallest absolute Gasteiger partial charge is 0.262 e. The van der Waals surface area contributed by atoms with E-state index in [1.807, 2.05) is 0 Å². The van der Waals surface area contributed by atoms with Gasteiger partial charge >= 0.3 is 0 Å². The van der Waals surface area contributed by atoms with Crippen LogP contribution in [0.5, 0.6) is 11.5 Å². The zero-order valence-corrected chi connectivity index (χ0v) is 15.8. The number of anilines is 2. The fourth-order valence-corrected chi connectivity index (χ4v) is 3.40. The van der Waals surface area contributed by atoms with Gasteiger partial charge in [0, 0.05) is 11.8 Å². The van der Waals surface area contributed by atoms with E-state index in [4.69, 9.17) is 9.47 Å². The lowest BCUT2D eigenvalue weighted by atomic mass is 10.0. The minimum absolute atomic E-state index is 0.294. The zero-order valence-electron chi connectivity index (χ0n) is 15.8. The summed E-state index contributed by atoms with van der Waals surface area (Å²) >= 11 is 0. The summed E-state index contributed by atoms with van der Waals surface area (Å²) in [5.74, 6) is -1.26. The predicted molar refractivity (Wildman–Crippen MR) is 106 cm³/mol. The van der Waals surface area contributed by atoms with E-state index in [1.165, 1.54) is 25.2 Å². The summed E-state index contributed by atoms with van der Waals surface area (Å²) in [6.07, 6.45) is -0.769. The Morgan fingerprint density at radius 1 is 0.931 bits per heavy atom. The van der Waals surface area contributed by atoms with Crippen LogP contribution in [0.1, 0.15) is 22.1 Å². The van der Waals surface area contributed by atoms with E-state index in [-0.39, 0.29) is 5.91 Å². The largest absolute Gasteiger partial charge is 0.497 e. The van der Waals surface area contributed by atoms with Gasteiger partial charge in [0.05, 0.1) is 25.5 Å². The molecule has 148 valence electrons. The van der Waals surface area contributed by atoms with Crippen molar-refractivity contribution >= 4 is 17.3 Å². The molecule has 0 fully saturated rings. The van der Waals surface area contributed by atoms with Crippen LogP contribution in [0.15, 0.2) is 60.7 Å². The Kier molecular flexibility index (Phi) is 4.80. The topological polar surface area (TPSA) is 50.8 Å². The molecule has 1 aliphatic heterocycles. The van der Waals surface area contributed by atoms with E-state index >= 15 is 0 Å². The summed E-state index contributed by atoms with van der Waals surface area (Å²) in [5.41, 5.74) is 1.93. The van der Waals surface area contributed by atoms with E-state index in [0.717, 1.165) is 12.1 Å². The Morgan fingerprint density at radius 3 is 2.45 bits per heavy atom. The first-order valence-corrected chi connectivity index (χ1v) is 8.89. The normalized spacial score (nSPS) is 15.5. The van der Waals surface area contributed by atoms with Crippen molar-refractivity contribution in [2.24, 2.45) is 0 Å². The fourth-order valence-electron chi connectivity index (χ4n) is 3.40. The molecule has 1 unspecified atom stereocenters. The van der Waals surface area contributed by atoms with Crippen LogP contribution in [0.4, 0.5) is 20.2 Å². The van der Waals surface area contributed by atoms with Crippen molar-refractivity contribution in [1.82, 2.24) is 0 Å². The highest BCUT2D eigenvalue weighted by atomic mass is 19.2. The highest BCUT2D eigenvalue weighted by Gasteiger charge is 2.36. The van der Waals surface area contributed by atoms with Crippen molar-refractivity contribution in [1.29, 1.82) is 0 Å². The number of nitrogens with zero attached hydrogens (tertiary/aromatic N) is 1. The third-order valence-electron chi connectivity index (χ3n) is 4.83. The highest BCUT2D eigenvalue weighted by Crippen LogP contribution is 2.41. The highest BCUT2D eigenvalue weighted by molar-refractivity contribution is 6.12. The van der Waals surface area contributed by atoms with E-state index in [1.54, 1.807) is 42.5 Å². The molecule has 0 radical (unpaired) electrons. The number of fused-ring (bicyclic) bond motifs is 1. The summed E-state index contributed by atoms with van der Waals surface area (Å²) in [4.78, 5) is 14.9. The van der Waals surface area contributed by atoms with E-state index in [0.29, 0.717) is 34.0 Å². The van der Waals surface area contributed by atoms with Gasteiger partial charge in [-0.3, -0.25) is 9.69 Å². The van der Waals surface area contributed by atoms with Crippen molar-refractivity contribution in [3.63, 3.8) is 0 Å². The maximum Gasteiger partial charge on any atom is 0.262 e. The number of amides is 1. The third kappa shape index (κ3) is 3.24. The van der Waals surface area contributed by atoms with Gasteiger partial charge in [0.15, 0.2) is 11.6 Å². The van der Waals surface area contributed by atoms with Crippen LogP contribution in [-0.4, -0.2) is 20.1 Å². The molecule has 7 heteroatoms. The molecule has 3 aromatic carbocycles. The first-order chi connectivity index (χ1) is 14.0. The van der Waals surface area contributed by atoms with E-state index < -0.39 is 17.8 Å². The lowest BCUT2D eigenvalue weighted by Crippen LogP contribution is -2.43. The van der Waals surface area contributed by atoms with Crippen molar-refractivity contribution < 1.29 is 23.0 Å². The van der Waals surface area contributed by atoms with E-state index in [9.17, 15) is 13.6 Å². The number of hydrogen-bond donors (Lipinski definition) is 1. The molecule has 0 saturated heterocycles. The SMILES string of the molecule is COc1ccc(N2C(=O)c3ccccc3NC2c2ccc(F)c(F)c2)c(OC)c1. The molecule has 0 saturated carbocycles. The first kappa shape index (κ1) is 18.7. The first-order valence-electron chi connectivity index (χ1n) is 8.89. The summed E-state index contributed by atoms with van der Waals surface area (Å²) < 4.78 is 38.1. The Morgan fingerprint density at radius 2 is 1.72 bits per heavy atom. The molecule has 4 rings (SSSR count). The van der Waals surface area contributed by atoms with Gasteiger partial charge in [-0.15, -0.1) is 0 Å². The molecule has 0 aliphatic carbocycles. The third-order valence-corrected chi connectivity index (χ3v) is 4.83. The van der Waals surface area contributed by atoms with Gasteiger partial charge in [-0.2, -0.15) is 0 Å². The van der Waals surface area contributed by atoms with Crippen LogP contribution >= 0.6 is 0 Å². The maximum atomic E-state index is 14.0. The molecule has 1 heterocycles. The molecular formula is C22H18F2N2O3. The second-order valence-corrected chi connectivity index (χ2v) is 6.48. The van der Waals surface area contributed by atoms with Crippen LogP contribution < -0.4 is 19.7 Å². The standard InChI is InChI=1S/C22H18F2N2O3/c1-28-14-8-10-19(20(12-14)29-2)26-21(13-7-9-16(23)17(24)11-13)25-18-6-4-3-5-15(18)22(26)27/h3-12,21,25H,1-2H3. The number of carbonyl (C=O) groups excluding carboxylic acids is 1. The molecule has 3 aromatic rings.